The molecule has 0 unspecified atom stereocenters. The van der Waals surface area contributed by atoms with Crippen molar-refractivity contribution in [3.63, 3.8) is 0 Å². The topological polar surface area (TPSA) is 115 Å². The molecule has 1 aromatic rings. The van der Waals surface area contributed by atoms with E-state index in [0.717, 1.165) is 36.1 Å². The predicted octanol–water partition coefficient (Wildman–Crippen LogP) is 4.91. The van der Waals surface area contributed by atoms with Crippen LogP contribution in [0.4, 0.5) is 5.69 Å². The number of hydrogen-bond acceptors (Lipinski definition) is 8. The summed E-state index contributed by atoms with van der Waals surface area (Å²) in [5, 5.41) is 3.59. The number of nitrogens with one attached hydrogen (secondary N) is 3. The van der Waals surface area contributed by atoms with Crippen LogP contribution in [0.1, 0.15) is 65.4 Å². The Balaban J connectivity index is 1.59. The van der Waals surface area contributed by atoms with E-state index in [1.54, 1.807) is 0 Å². The van der Waals surface area contributed by atoms with Gasteiger partial charge in [-0.3, -0.25) is 15.0 Å². The van der Waals surface area contributed by atoms with Gasteiger partial charge in [-0.2, -0.15) is 0 Å². The highest BCUT2D eigenvalue weighted by atomic mass is 32.1. The van der Waals surface area contributed by atoms with Gasteiger partial charge in [0.25, 0.3) is 0 Å². The molecule has 3 aliphatic rings. The van der Waals surface area contributed by atoms with Gasteiger partial charge in [-0.1, -0.05) is 44.2 Å². The molecule has 0 spiro atoms. The Bertz CT molecular complexity index is 1280. The number of anilines is 1. The largest absolute Gasteiger partial charge is 0.465 e. The molecule has 1 aromatic carbocycles. The molecule has 2 aliphatic carbocycles. The number of hydrazine groups is 1. The summed E-state index contributed by atoms with van der Waals surface area (Å²) in [7, 11) is 0. The van der Waals surface area contributed by atoms with Gasteiger partial charge < -0.3 is 19.5 Å². The first-order chi connectivity index (χ1) is 19.8. The third-order valence-electron chi connectivity index (χ3n) is 9.56. The standard InChI is InChI=1S/C32H43N3O6S/c1-19-11-12-27-31(5,15-13-28(41-22(4)37)32(27,6)18-40-21(3)36)24(19)17-26(23-14-16-39-29(23)38)34-35-30(42)33-25-10-8-7-9-20(25)2/h7-10,14,24,26-28,34H,1,11-13,15-18H2,2-6H3,(H2,33,35,42)/t24-,26+,27+,28-,31+,32+/m1/s1. The molecular formula is C32H43N3O6S. The van der Waals surface area contributed by atoms with Crippen LogP contribution in [0, 0.1) is 29.6 Å². The molecule has 0 saturated heterocycles. The minimum atomic E-state index is -0.574. The number of thiocarbonyl (C=S) groups is 1. The predicted molar refractivity (Wildman–Crippen MR) is 164 cm³/mol. The van der Waals surface area contributed by atoms with Crippen LogP contribution in [0.15, 0.2) is 48.1 Å². The average molecular weight is 598 g/mol. The maximum absolute atomic E-state index is 12.8. The van der Waals surface area contributed by atoms with Gasteiger partial charge in [0.2, 0.25) is 0 Å². The Morgan fingerprint density at radius 2 is 1.93 bits per heavy atom. The van der Waals surface area contributed by atoms with Crippen molar-refractivity contribution in [3.05, 3.63) is 53.6 Å². The van der Waals surface area contributed by atoms with Crippen molar-refractivity contribution in [2.45, 2.75) is 78.9 Å². The smallest absolute Gasteiger partial charge is 0.335 e. The minimum absolute atomic E-state index is 0.0256. The van der Waals surface area contributed by atoms with Crippen molar-refractivity contribution >= 4 is 40.9 Å². The molecule has 9 nitrogen and oxygen atoms in total. The van der Waals surface area contributed by atoms with Gasteiger partial charge >= 0.3 is 17.9 Å². The fourth-order valence-electron chi connectivity index (χ4n) is 7.43. The third-order valence-corrected chi connectivity index (χ3v) is 9.77. The van der Waals surface area contributed by atoms with Gasteiger partial charge in [-0.25, -0.2) is 10.2 Å². The molecular weight excluding hydrogens is 554 g/mol. The van der Waals surface area contributed by atoms with Crippen molar-refractivity contribution < 1.29 is 28.6 Å². The number of para-hydroxylation sites is 1. The molecule has 2 fully saturated rings. The summed E-state index contributed by atoms with van der Waals surface area (Å²) in [4.78, 5) is 36.7. The fraction of sp³-hybridized carbons (Fsp3) is 0.562. The zero-order valence-corrected chi connectivity index (χ0v) is 26.0. The Hall–Kier alpha value is -3.24. The molecule has 4 rings (SSSR count). The maximum atomic E-state index is 12.8. The molecule has 0 bridgehead atoms. The van der Waals surface area contributed by atoms with Crippen LogP contribution >= 0.6 is 12.2 Å². The van der Waals surface area contributed by atoms with Crippen LogP contribution in [-0.4, -0.2) is 48.4 Å². The lowest BCUT2D eigenvalue weighted by Crippen LogP contribution is -2.59. The fourth-order valence-corrected chi connectivity index (χ4v) is 7.60. The number of carbonyl (C=O) groups excluding carboxylic acids is 3. The molecule has 3 N–H and O–H groups in total. The molecule has 0 amide bonds. The Morgan fingerprint density at radius 3 is 2.57 bits per heavy atom. The van der Waals surface area contributed by atoms with E-state index in [1.807, 2.05) is 37.3 Å². The summed E-state index contributed by atoms with van der Waals surface area (Å²) in [6, 6.07) is 7.44. The van der Waals surface area contributed by atoms with Crippen LogP contribution < -0.4 is 16.2 Å². The number of cyclic esters (lactones) is 1. The number of benzene rings is 1. The van der Waals surface area contributed by atoms with Crippen LogP contribution in [0.3, 0.4) is 0 Å². The second-order valence-corrected chi connectivity index (χ2v) is 12.7. The van der Waals surface area contributed by atoms with E-state index in [0.29, 0.717) is 23.5 Å². The molecule has 0 radical (unpaired) electrons. The molecule has 1 heterocycles. The number of carbonyl (C=O) groups is 3. The SMILES string of the molecule is C=C1CC[C@@H]2[C@](C)(COC(C)=O)[C@H](OC(C)=O)CC[C@@]2(C)[C@@H]1C[C@H](NNC(=S)Nc1ccccc1C)C1=CCOC1=O. The molecule has 2 saturated carbocycles. The number of rotatable bonds is 9. The lowest BCUT2D eigenvalue weighted by Gasteiger charge is -2.60. The third kappa shape index (κ3) is 6.70. The van der Waals surface area contributed by atoms with E-state index >= 15 is 0 Å². The van der Waals surface area contributed by atoms with Gasteiger partial charge in [-0.15, -0.1) is 0 Å². The highest BCUT2D eigenvalue weighted by Gasteiger charge is 2.60. The molecule has 0 aromatic heterocycles. The van der Waals surface area contributed by atoms with Crippen molar-refractivity contribution in [1.29, 1.82) is 0 Å². The average Bonchev–Trinajstić information content (AvgIpc) is 3.35. The zero-order valence-electron chi connectivity index (χ0n) is 25.2. The van der Waals surface area contributed by atoms with Crippen molar-refractivity contribution in [3.8, 4) is 0 Å². The quantitative estimate of drug-likeness (QED) is 0.119. The summed E-state index contributed by atoms with van der Waals surface area (Å²) in [6.07, 6.45) is 5.08. The minimum Gasteiger partial charge on any atom is -0.465 e. The van der Waals surface area contributed by atoms with Gasteiger partial charge in [0, 0.05) is 24.9 Å². The van der Waals surface area contributed by atoms with Crippen molar-refractivity contribution in [2.75, 3.05) is 18.5 Å². The summed E-state index contributed by atoms with van der Waals surface area (Å²) >= 11 is 5.57. The summed E-state index contributed by atoms with van der Waals surface area (Å²) in [6.45, 7) is 14.0. The van der Waals surface area contributed by atoms with Crippen molar-refractivity contribution in [1.82, 2.24) is 10.9 Å². The normalized spacial score (nSPS) is 29.5. The van der Waals surface area contributed by atoms with Gasteiger partial charge in [0.15, 0.2) is 5.11 Å². The van der Waals surface area contributed by atoms with E-state index in [4.69, 9.17) is 26.4 Å². The first-order valence-corrected chi connectivity index (χ1v) is 15.0. The molecule has 1 aliphatic heterocycles. The molecule has 6 atom stereocenters. The molecule has 42 heavy (non-hydrogen) atoms. The Labute approximate surface area is 253 Å². The zero-order chi connectivity index (χ0) is 30.7. The molecule has 10 heteroatoms. The number of hydrogen-bond donors (Lipinski definition) is 3. The summed E-state index contributed by atoms with van der Waals surface area (Å²) in [5.41, 5.74) is 9.20. The monoisotopic (exact) mass is 597 g/mol. The van der Waals surface area contributed by atoms with E-state index < -0.39 is 11.5 Å². The Morgan fingerprint density at radius 1 is 1.19 bits per heavy atom. The number of ether oxygens (including phenoxy) is 3. The van der Waals surface area contributed by atoms with E-state index in [-0.39, 0.29) is 54.5 Å². The lowest BCUT2D eigenvalue weighted by atomic mass is 9.46. The van der Waals surface area contributed by atoms with Crippen LogP contribution in [-0.2, 0) is 28.6 Å². The van der Waals surface area contributed by atoms with Gasteiger partial charge in [0.05, 0.1) is 11.6 Å². The van der Waals surface area contributed by atoms with E-state index in [2.05, 4.69) is 36.6 Å². The van der Waals surface area contributed by atoms with Crippen LogP contribution in [0.2, 0.25) is 0 Å². The molecule has 228 valence electrons. The summed E-state index contributed by atoms with van der Waals surface area (Å²) in [5.74, 6) is -0.947. The van der Waals surface area contributed by atoms with E-state index in [1.165, 1.54) is 13.8 Å². The number of allylic oxidation sites excluding steroid dienone is 1. The second kappa shape index (κ2) is 13.0. The van der Waals surface area contributed by atoms with Gasteiger partial charge in [-0.05, 0) is 86.2 Å². The number of esters is 3. The van der Waals surface area contributed by atoms with Gasteiger partial charge in [0.1, 0.15) is 19.3 Å². The second-order valence-electron chi connectivity index (χ2n) is 12.3. The van der Waals surface area contributed by atoms with Crippen LogP contribution in [0.5, 0.6) is 0 Å². The van der Waals surface area contributed by atoms with E-state index in [9.17, 15) is 14.4 Å². The maximum Gasteiger partial charge on any atom is 0.335 e. The van der Waals surface area contributed by atoms with Crippen molar-refractivity contribution in [2.24, 2.45) is 22.7 Å². The van der Waals surface area contributed by atoms with Crippen LogP contribution in [0.25, 0.3) is 0 Å². The number of fused-ring (bicyclic) bond motifs is 1. The number of aryl methyl sites for hydroxylation is 1. The summed E-state index contributed by atoms with van der Waals surface area (Å²) < 4.78 is 16.7. The highest BCUT2D eigenvalue weighted by Crippen LogP contribution is 2.62. The Kier molecular flexibility index (Phi) is 9.77. The first-order valence-electron chi connectivity index (χ1n) is 14.6. The lowest BCUT2D eigenvalue weighted by molar-refractivity contribution is -0.192. The first kappa shape index (κ1) is 31.7. The highest BCUT2D eigenvalue weighted by molar-refractivity contribution is 7.80.